The molecule has 2 N–H and O–H groups in total. The van der Waals surface area contributed by atoms with Gasteiger partial charge in [-0.15, -0.1) is 0 Å². The van der Waals surface area contributed by atoms with Crippen molar-refractivity contribution in [1.82, 2.24) is 5.43 Å². The predicted octanol–water partition coefficient (Wildman–Crippen LogP) is 3.52. The number of nitrogens with one attached hydrogen (secondary N) is 1. The second kappa shape index (κ2) is 6.85. The van der Waals surface area contributed by atoms with Crippen LogP contribution in [0.4, 0.5) is 0 Å². The fraction of sp³-hybridized carbons (Fsp3) is 0. The van der Waals surface area contributed by atoms with E-state index in [-0.39, 0.29) is 11.3 Å². The number of hydrazone groups is 1. The Kier molecular flexibility index (Phi) is 5.13. The summed E-state index contributed by atoms with van der Waals surface area (Å²) in [5.41, 5.74) is 3.43. The maximum absolute atomic E-state index is 11.9. The number of halogens is 2. The minimum Gasteiger partial charge on any atom is -0.507 e. The molecule has 0 fully saturated rings. The fourth-order valence-corrected chi connectivity index (χ4v) is 2.43. The van der Waals surface area contributed by atoms with Crippen LogP contribution in [-0.4, -0.2) is 17.2 Å². The average molecular weight is 445 g/mol. The monoisotopic (exact) mass is 444 g/mol. The van der Waals surface area contributed by atoms with E-state index < -0.39 is 5.91 Å². The van der Waals surface area contributed by atoms with E-state index in [1.54, 1.807) is 12.3 Å². The molecule has 0 unspecified atom stereocenters. The van der Waals surface area contributed by atoms with Gasteiger partial charge in [0.2, 0.25) is 0 Å². The molecule has 2 aromatic carbocycles. The van der Waals surface area contributed by atoms with Gasteiger partial charge in [-0.2, -0.15) is 5.10 Å². The Hall–Kier alpha value is -1.41. The van der Waals surface area contributed by atoms with E-state index in [0.717, 1.165) is 9.13 Å². The molecule has 20 heavy (non-hydrogen) atoms. The molecule has 0 radical (unpaired) electrons. The van der Waals surface area contributed by atoms with E-state index >= 15 is 0 Å². The Bertz CT molecular complexity index is 674. The number of nitrogens with zero attached hydrogens (tertiary/aromatic N) is 1. The third kappa shape index (κ3) is 4.04. The van der Waals surface area contributed by atoms with Gasteiger partial charge in [0.25, 0.3) is 5.91 Å². The highest BCUT2D eigenvalue weighted by Gasteiger charge is 2.10. The first-order valence-corrected chi connectivity index (χ1v) is 7.51. The van der Waals surface area contributed by atoms with Crippen LogP contribution >= 0.6 is 38.5 Å². The number of hydrogen-bond acceptors (Lipinski definition) is 3. The molecule has 0 aliphatic heterocycles. The first-order chi connectivity index (χ1) is 9.56. The van der Waals surface area contributed by atoms with Crippen LogP contribution in [0, 0.1) is 3.57 Å². The normalized spacial score (nSPS) is 10.7. The standard InChI is InChI=1S/C14H10BrIN2O2/c15-10-4-5-13(19)12(7-10)14(20)18-17-8-9-2-1-3-11(16)6-9/h1-8,19H,(H,18,20)/b17-8+. The Labute approximate surface area is 138 Å². The average Bonchev–Trinajstić information content (AvgIpc) is 2.41. The van der Waals surface area contributed by atoms with E-state index in [2.05, 4.69) is 49.0 Å². The van der Waals surface area contributed by atoms with Crippen LogP contribution in [0.25, 0.3) is 0 Å². The summed E-state index contributed by atoms with van der Waals surface area (Å²) in [6.45, 7) is 0. The fourth-order valence-electron chi connectivity index (χ4n) is 1.50. The first kappa shape index (κ1) is 15.0. The van der Waals surface area contributed by atoms with Gasteiger partial charge in [-0.25, -0.2) is 5.43 Å². The summed E-state index contributed by atoms with van der Waals surface area (Å²) in [6.07, 6.45) is 1.55. The molecule has 0 aliphatic carbocycles. The number of carbonyl (C=O) groups excluding carboxylic acids is 1. The van der Waals surface area contributed by atoms with Crippen molar-refractivity contribution in [3.8, 4) is 5.75 Å². The third-order valence-electron chi connectivity index (χ3n) is 2.43. The Morgan fingerprint density at radius 1 is 1.30 bits per heavy atom. The second-order valence-corrected chi connectivity index (χ2v) is 6.08. The van der Waals surface area contributed by atoms with E-state index in [1.807, 2.05) is 24.3 Å². The summed E-state index contributed by atoms with van der Waals surface area (Å²) in [5, 5.41) is 13.5. The first-order valence-electron chi connectivity index (χ1n) is 5.64. The van der Waals surface area contributed by atoms with Crippen LogP contribution in [0.1, 0.15) is 15.9 Å². The van der Waals surface area contributed by atoms with E-state index in [9.17, 15) is 9.90 Å². The van der Waals surface area contributed by atoms with Gasteiger partial charge in [0.1, 0.15) is 5.75 Å². The van der Waals surface area contributed by atoms with Crippen molar-refractivity contribution in [2.24, 2.45) is 5.10 Å². The number of carbonyl (C=O) groups is 1. The van der Waals surface area contributed by atoms with Crippen LogP contribution < -0.4 is 5.43 Å². The largest absolute Gasteiger partial charge is 0.507 e. The quantitative estimate of drug-likeness (QED) is 0.432. The molecule has 0 bridgehead atoms. The molecule has 6 heteroatoms. The summed E-state index contributed by atoms with van der Waals surface area (Å²) in [5.74, 6) is -0.555. The lowest BCUT2D eigenvalue weighted by atomic mass is 10.2. The minimum absolute atomic E-state index is 0.0878. The summed E-state index contributed by atoms with van der Waals surface area (Å²) < 4.78 is 1.80. The molecule has 0 spiro atoms. The number of phenolic OH excluding ortho intramolecular Hbond substituents is 1. The van der Waals surface area contributed by atoms with Crippen molar-refractivity contribution < 1.29 is 9.90 Å². The van der Waals surface area contributed by atoms with Crippen LogP contribution in [0.2, 0.25) is 0 Å². The number of hydrogen-bond donors (Lipinski definition) is 2. The molecule has 0 aliphatic rings. The summed E-state index contributed by atoms with van der Waals surface area (Å²) in [6, 6.07) is 12.3. The molecule has 0 saturated heterocycles. The number of rotatable bonds is 3. The molecule has 0 aromatic heterocycles. The van der Waals surface area contributed by atoms with Crippen molar-refractivity contribution in [3.05, 3.63) is 61.6 Å². The highest BCUT2D eigenvalue weighted by Crippen LogP contribution is 2.21. The number of phenols is 1. The molecule has 0 atom stereocenters. The van der Waals surface area contributed by atoms with Gasteiger partial charge in [-0.05, 0) is 58.5 Å². The summed E-state index contributed by atoms with van der Waals surface area (Å²) in [7, 11) is 0. The maximum Gasteiger partial charge on any atom is 0.275 e. The lowest BCUT2D eigenvalue weighted by Gasteiger charge is -2.03. The highest BCUT2D eigenvalue weighted by molar-refractivity contribution is 14.1. The van der Waals surface area contributed by atoms with E-state index in [0.29, 0.717) is 4.47 Å². The highest BCUT2D eigenvalue weighted by atomic mass is 127. The van der Waals surface area contributed by atoms with Gasteiger partial charge < -0.3 is 5.11 Å². The van der Waals surface area contributed by atoms with Gasteiger partial charge in [-0.1, -0.05) is 28.1 Å². The maximum atomic E-state index is 11.9. The van der Waals surface area contributed by atoms with Gasteiger partial charge in [0.15, 0.2) is 0 Å². The number of aromatic hydroxyl groups is 1. The predicted molar refractivity (Wildman–Crippen MR) is 90.0 cm³/mol. The minimum atomic E-state index is -0.467. The molecule has 2 aromatic rings. The Morgan fingerprint density at radius 3 is 2.85 bits per heavy atom. The number of benzene rings is 2. The molecule has 2 rings (SSSR count). The van der Waals surface area contributed by atoms with Gasteiger partial charge in [0, 0.05) is 8.04 Å². The van der Waals surface area contributed by atoms with Crippen molar-refractivity contribution in [2.75, 3.05) is 0 Å². The van der Waals surface area contributed by atoms with Crippen LogP contribution in [0.15, 0.2) is 52.0 Å². The number of amides is 1. The van der Waals surface area contributed by atoms with Crippen molar-refractivity contribution >= 4 is 50.6 Å². The second-order valence-electron chi connectivity index (χ2n) is 3.92. The van der Waals surface area contributed by atoms with Crippen LogP contribution in [0.5, 0.6) is 5.75 Å². The van der Waals surface area contributed by atoms with Gasteiger partial charge in [-0.3, -0.25) is 4.79 Å². The summed E-state index contributed by atoms with van der Waals surface area (Å²) in [4.78, 5) is 11.9. The van der Waals surface area contributed by atoms with Gasteiger partial charge in [0.05, 0.1) is 11.8 Å². The zero-order valence-electron chi connectivity index (χ0n) is 10.2. The molecule has 0 heterocycles. The van der Waals surface area contributed by atoms with Crippen molar-refractivity contribution in [1.29, 1.82) is 0 Å². The lowest BCUT2D eigenvalue weighted by Crippen LogP contribution is -2.17. The molecule has 4 nitrogen and oxygen atoms in total. The van der Waals surface area contributed by atoms with Crippen LogP contribution in [-0.2, 0) is 0 Å². The third-order valence-corrected chi connectivity index (χ3v) is 3.60. The zero-order valence-corrected chi connectivity index (χ0v) is 13.9. The Morgan fingerprint density at radius 2 is 2.10 bits per heavy atom. The molecular weight excluding hydrogens is 435 g/mol. The van der Waals surface area contributed by atoms with Gasteiger partial charge >= 0.3 is 0 Å². The smallest absolute Gasteiger partial charge is 0.275 e. The van der Waals surface area contributed by atoms with E-state index in [1.165, 1.54) is 12.1 Å². The van der Waals surface area contributed by atoms with Crippen molar-refractivity contribution in [3.63, 3.8) is 0 Å². The lowest BCUT2D eigenvalue weighted by molar-refractivity contribution is 0.0952. The summed E-state index contributed by atoms with van der Waals surface area (Å²) >= 11 is 5.45. The molecular formula is C14H10BrIN2O2. The van der Waals surface area contributed by atoms with Crippen LogP contribution in [0.3, 0.4) is 0 Å². The zero-order chi connectivity index (χ0) is 14.5. The molecule has 0 saturated carbocycles. The topological polar surface area (TPSA) is 61.7 Å². The SMILES string of the molecule is O=C(N/N=C/c1cccc(I)c1)c1cc(Br)ccc1O. The molecule has 102 valence electrons. The van der Waals surface area contributed by atoms with Crippen molar-refractivity contribution in [2.45, 2.75) is 0 Å². The Balaban J connectivity index is 2.07. The van der Waals surface area contributed by atoms with E-state index in [4.69, 9.17) is 0 Å². The molecule has 1 amide bonds.